The van der Waals surface area contributed by atoms with Gasteiger partial charge in [0.1, 0.15) is 0 Å². The molecule has 0 bridgehead atoms. The van der Waals surface area contributed by atoms with Gasteiger partial charge in [-0.1, -0.05) is 12.8 Å². The summed E-state index contributed by atoms with van der Waals surface area (Å²) in [6.07, 6.45) is 11.2. The predicted octanol–water partition coefficient (Wildman–Crippen LogP) is 2.73. The summed E-state index contributed by atoms with van der Waals surface area (Å²) in [5.74, 6) is 0. The summed E-state index contributed by atoms with van der Waals surface area (Å²) in [6, 6.07) is 0.866. The Morgan fingerprint density at radius 3 is 2.60 bits per heavy atom. The lowest BCUT2D eigenvalue weighted by molar-refractivity contribution is 0.164. The molecule has 1 N–H and O–H groups in total. The summed E-state index contributed by atoms with van der Waals surface area (Å²) in [4.78, 5) is 0. The van der Waals surface area contributed by atoms with Crippen molar-refractivity contribution < 1.29 is 4.74 Å². The van der Waals surface area contributed by atoms with Gasteiger partial charge in [-0.3, -0.25) is 0 Å². The lowest BCUT2D eigenvalue weighted by atomic mass is 9.81. The normalized spacial score (nSPS) is 24.6. The van der Waals surface area contributed by atoms with Crippen molar-refractivity contribution >= 4 is 0 Å². The molecule has 2 aliphatic carbocycles. The van der Waals surface area contributed by atoms with E-state index in [4.69, 9.17) is 4.74 Å². The Kier molecular flexibility index (Phi) is 4.04. The van der Waals surface area contributed by atoms with E-state index in [9.17, 15) is 0 Å². The summed E-state index contributed by atoms with van der Waals surface area (Å²) in [7, 11) is 1.81. The van der Waals surface area contributed by atoms with Crippen molar-refractivity contribution in [2.75, 3.05) is 20.3 Å². The highest BCUT2D eigenvalue weighted by molar-refractivity contribution is 4.90. The molecule has 2 nitrogen and oxygen atoms in total. The summed E-state index contributed by atoms with van der Waals surface area (Å²) < 4.78 is 5.16. The van der Waals surface area contributed by atoms with Crippen LogP contribution in [0.25, 0.3) is 0 Å². The molecule has 0 unspecified atom stereocenters. The zero-order valence-corrected chi connectivity index (χ0v) is 10.1. The zero-order chi connectivity index (χ0) is 10.6. The number of ether oxygens (including phenoxy) is 1. The Morgan fingerprint density at radius 1 is 1.27 bits per heavy atom. The summed E-state index contributed by atoms with van der Waals surface area (Å²) in [6.45, 7) is 2.20. The molecule has 0 saturated heterocycles. The van der Waals surface area contributed by atoms with E-state index < -0.39 is 0 Å². The maximum absolute atomic E-state index is 5.16. The molecule has 0 aromatic heterocycles. The predicted molar refractivity (Wildman–Crippen MR) is 63.0 cm³/mol. The van der Waals surface area contributed by atoms with Crippen LogP contribution < -0.4 is 5.32 Å². The highest BCUT2D eigenvalue weighted by Gasteiger charge is 2.34. The molecule has 0 spiro atoms. The highest BCUT2D eigenvalue weighted by atomic mass is 16.5. The van der Waals surface area contributed by atoms with Crippen molar-refractivity contribution in [2.24, 2.45) is 5.41 Å². The topological polar surface area (TPSA) is 21.3 Å². The third-order valence-electron chi connectivity index (χ3n) is 4.06. The number of nitrogens with one attached hydrogen (secondary N) is 1. The molecule has 2 rings (SSSR count). The molecular weight excluding hydrogens is 186 g/mol. The van der Waals surface area contributed by atoms with Gasteiger partial charge in [0.15, 0.2) is 0 Å². The van der Waals surface area contributed by atoms with E-state index in [1.165, 1.54) is 57.9 Å². The number of methoxy groups -OCH3 is 1. The molecule has 15 heavy (non-hydrogen) atoms. The average molecular weight is 211 g/mol. The molecule has 2 heteroatoms. The Morgan fingerprint density at radius 2 is 2.00 bits per heavy atom. The van der Waals surface area contributed by atoms with Gasteiger partial charge in [-0.2, -0.15) is 0 Å². The summed E-state index contributed by atoms with van der Waals surface area (Å²) >= 11 is 0. The van der Waals surface area contributed by atoms with Gasteiger partial charge in [-0.25, -0.2) is 0 Å². The molecule has 0 atom stereocenters. The van der Waals surface area contributed by atoms with Crippen LogP contribution in [0.15, 0.2) is 0 Å². The fraction of sp³-hybridized carbons (Fsp3) is 1.00. The van der Waals surface area contributed by atoms with Crippen molar-refractivity contribution in [2.45, 2.75) is 57.4 Å². The zero-order valence-electron chi connectivity index (χ0n) is 10.1. The Bertz CT molecular complexity index is 183. The van der Waals surface area contributed by atoms with Gasteiger partial charge < -0.3 is 10.1 Å². The van der Waals surface area contributed by atoms with E-state index in [1.807, 2.05) is 7.11 Å². The molecule has 2 fully saturated rings. The van der Waals surface area contributed by atoms with E-state index in [0.717, 1.165) is 12.6 Å². The fourth-order valence-corrected chi connectivity index (χ4v) is 2.88. The van der Waals surface area contributed by atoms with Gasteiger partial charge in [0.2, 0.25) is 0 Å². The van der Waals surface area contributed by atoms with E-state index in [0.29, 0.717) is 5.41 Å². The Balaban J connectivity index is 1.73. The Hall–Kier alpha value is -0.0800. The Labute approximate surface area is 93.8 Å². The first kappa shape index (κ1) is 11.4. The number of rotatable bonds is 7. The van der Waals surface area contributed by atoms with Crippen LogP contribution in [0.2, 0.25) is 0 Å². The molecule has 0 radical (unpaired) electrons. The van der Waals surface area contributed by atoms with Crippen LogP contribution in [0, 0.1) is 5.41 Å². The highest BCUT2D eigenvalue weighted by Crippen LogP contribution is 2.42. The van der Waals surface area contributed by atoms with Crippen LogP contribution in [-0.4, -0.2) is 26.3 Å². The first-order valence-corrected chi connectivity index (χ1v) is 6.57. The first-order chi connectivity index (χ1) is 7.35. The molecule has 0 aliphatic heterocycles. The molecule has 0 aromatic carbocycles. The standard InChI is InChI=1S/C13H25NO/c1-15-10-4-9-13(7-2-3-8-13)11-14-12-5-6-12/h12,14H,2-11H2,1H3. The number of hydrogen-bond donors (Lipinski definition) is 1. The molecule has 0 aromatic rings. The van der Waals surface area contributed by atoms with Crippen LogP contribution in [0.3, 0.4) is 0 Å². The third-order valence-corrected chi connectivity index (χ3v) is 4.06. The van der Waals surface area contributed by atoms with E-state index in [1.54, 1.807) is 0 Å². The van der Waals surface area contributed by atoms with Gasteiger partial charge in [-0.15, -0.1) is 0 Å². The fourth-order valence-electron chi connectivity index (χ4n) is 2.88. The van der Waals surface area contributed by atoms with Crippen LogP contribution in [0.5, 0.6) is 0 Å². The van der Waals surface area contributed by atoms with E-state index in [2.05, 4.69) is 5.32 Å². The quantitative estimate of drug-likeness (QED) is 0.654. The van der Waals surface area contributed by atoms with Gasteiger partial charge in [0, 0.05) is 26.3 Å². The second kappa shape index (κ2) is 5.31. The van der Waals surface area contributed by atoms with Crippen LogP contribution in [-0.2, 0) is 4.74 Å². The van der Waals surface area contributed by atoms with Crippen LogP contribution in [0.1, 0.15) is 51.4 Å². The molecule has 88 valence electrons. The molecule has 0 amide bonds. The van der Waals surface area contributed by atoms with Gasteiger partial charge in [0.25, 0.3) is 0 Å². The van der Waals surface area contributed by atoms with Crippen LogP contribution >= 0.6 is 0 Å². The first-order valence-electron chi connectivity index (χ1n) is 6.57. The second-order valence-corrected chi connectivity index (χ2v) is 5.46. The van der Waals surface area contributed by atoms with Crippen molar-refractivity contribution in [3.05, 3.63) is 0 Å². The van der Waals surface area contributed by atoms with E-state index >= 15 is 0 Å². The lowest BCUT2D eigenvalue weighted by Gasteiger charge is -2.29. The number of hydrogen-bond acceptors (Lipinski definition) is 2. The second-order valence-electron chi connectivity index (χ2n) is 5.46. The lowest BCUT2D eigenvalue weighted by Crippen LogP contribution is -2.33. The largest absolute Gasteiger partial charge is 0.385 e. The van der Waals surface area contributed by atoms with E-state index in [-0.39, 0.29) is 0 Å². The van der Waals surface area contributed by atoms with Crippen molar-refractivity contribution in [3.8, 4) is 0 Å². The molecule has 2 saturated carbocycles. The monoisotopic (exact) mass is 211 g/mol. The minimum absolute atomic E-state index is 0.626. The van der Waals surface area contributed by atoms with Gasteiger partial charge in [-0.05, 0) is 43.9 Å². The van der Waals surface area contributed by atoms with Crippen LogP contribution in [0.4, 0.5) is 0 Å². The van der Waals surface area contributed by atoms with Gasteiger partial charge >= 0.3 is 0 Å². The maximum atomic E-state index is 5.16. The molecular formula is C13H25NO. The van der Waals surface area contributed by atoms with Crippen molar-refractivity contribution in [1.29, 1.82) is 0 Å². The van der Waals surface area contributed by atoms with Crippen molar-refractivity contribution in [3.63, 3.8) is 0 Å². The molecule has 2 aliphatic rings. The summed E-state index contributed by atoms with van der Waals surface area (Å²) in [5, 5.41) is 3.73. The SMILES string of the molecule is COCCCC1(CNC2CC2)CCCC1. The maximum Gasteiger partial charge on any atom is 0.0462 e. The average Bonchev–Trinajstić information content (AvgIpc) is 2.97. The van der Waals surface area contributed by atoms with Gasteiger partial charge in [0.05, 0.1) is 0 Å². The van der Waals surface area contributed by atoms with Crippen molar-refractivity contribution in [1.82, 2.24) is 5.32 Å². The minimum Gasteiger partial charge on any atom is -0.385 e. The smallest absolute Gasteiger partial charge is 0.0462 e. The molecule has 0 heterocycles. The minimum atomic E-state index is 0.626. The third kappa shape index (κ3) is 3.46. The summed E-state index contributed by atoms with van der Waals surface area (Å²) in [5.41, 5.74) is 0.626.